The third kappa shape index (κ3) is 3.82. The molecule has 108 valence electrons. The minimum Gasteiger partial charge on any atom is -0.325 e. The molecule has 1 aromatic heterocycles. The molecule has 2 rings (SSSR count). The Bertz CT molecular complexity index is 371. The molecule has 19 heavy (non-hydrogen) atoms. The van der Waals surface area contributed by atoms with E-state index in [1.165, 1.54) is 31.4 Å². The van der Waals surface area contributed by atoms with E-state index in [-0.39, 0.29) is 5.54 Å². The molecule has 1 fully saturated rings. The molecule has 0 aliphatic heterocycles. The summed E-state index contributed by atoms with van der Waals surface area (Å²) in [4.78, 5) is 0. The number of aromatic nitrogens is 2. The Hall–Kier alpha value is -0.830. The van der Waals surface area contributed by atoms with E-state index in [0.29, 0.717) is 6.04 Å². The van der Waals surface area contributed by atoms with E-state index < -0.39 is 0 Å². The Morgan fingerprint density at radius 1 is 1.21 bits per heavy atom. The first-order valence-corrected chi connectivity index (χ1v) is 8.00. The first-order chi connectivity index (χ1) is 9.17. The summed E-state index contributed by atoms with van der Waals surface area (Å²) in [6, 6.07) is 2.70. The summed E-state index contributed by atoms with van der Waals surface area (Å²) in [7, 11) is 0. The van der Waals surface area contributed by atoms with Crippen molar-refractivity contribution in [1.29, 1.82) is 0 Å². The SMILES string of the molecule is CCC(CC)n1ccc(CC2(N)CCCCCC2)n1. The quantitative estimate of drug-likeness (QED) is 0.820. The van der Waals surface area contributed by atoms with E-state index >= 15 is 0 Å². The maximum absolute atomic E-state index is 6.59. The summed E-state index contributed by atoms with van der Waals surface area (Å²) in [5.41, 5.74) is 7.76. The van der Waals surface area contributed by atoms with Crippen LogP contribution in [-0.4, -0.2) is 15.3 Å². The lowest BCUT2D eigenvalue weighted by atomic mass is 9.87. The van der Waals surface area contributed by atoms with E-state index in [1.807, 2.05) is 0 Å². The van der Waals surface area contributed by atoms with Crippen molar-refractivity contribution in [2.45, 2.75) is 83.2 Å². The number of hydrogen-bond donors (Lipinski definition) is 1. The molecule has 1 saturated carbocycles. The van der Waals surface area contributed by atoms with Gasteiger partial charge in [0.25, 0.3) is 0 Å². The highest BCUT2D eigenvalue weighted by Crippen LogP contribution is 2.28. The van der Waals surface area contributed by atoms with E-state index in [2.05, 4.69) is 30.8 Å². The molecule has 0 unspecified atom stereocenters. The molecule has 3 heteroatoms. The molecule has 0 bridgehead atoms. The predicted octanol–water partition coefficient (Wildman–Crippen LogP) is 3.84. The van der Waals surface area contributed by atoms with Gasteiger partial charge in [0, 0.05) is 18.2 Å². The number of nitrogens with two attached hydrogens (primary N) is 1. The summed E-state index contributed by atoms with van der Waals surface area (Å²) in [5.74, 6) is 0. The summed E-state index contributed by atoms with van der Waals surface area (Å²) in [5, 5.41) is 4.76. The van der Waals surface area contributed by atoms with E-state index in [9.17, 15) is 0 Å². The van der Waals surface area contributed by atoms with Crippen molar-refractivity contribution in [3.8, 4) is 0 Å². The summed E-state index contributed by atoms with van der Waals surface area (Å²) in [6.07, 6.45) is 12.9. The Kier molecular flexibility index (Phi) is 5.03. The smallest absolute Gasteiger partial charge is 0.0643 e. The lowest BCUT2D eigenvalue weighted by Gasteiger charge is -2.27. The van der Waals surface area contributed by atoms with Gasteiger partial charge in [-0.25, -0.2) is 0 Å². The lowest BCUT2D eigenvalue weighted by Crippen LogP contribution is -2.41. The topological polar surface area (TPSA) is 43.8 Å². The van der Waals surface area contributed by atoms with Gasteiger partial charge in [0.15, 0.2) is 0 Å². The molecular formula is C16H29N3. The zero-order chi connectivity index (χ0) is 13.7. The van der Waals surface area contributed by atoms with Gasteiger partial charge >= 0.3 is 0 Å². The van der Waals surface area contributed by atoms with Crippen LogP contribution in [0.2, 0.25) is 0 Å². The molecule has 0 saturated heterocycles. The fraction of sp³-hybridized carbons (Fsp3) is 0.812. The van der Waals surface area contributed by atoms with Crippen LogP contribution in [0.5, 0.6) is 0 Å². The van der Waals surface area contributed by atoms with E-state index in [1.54, 1.807) is 0 Å². The van der Waals surface area contributed by atoms with Gasteiger partial charge in [0.05, 0.1) is 11.7 Å². The van der Waals surface area contributed by atoms with Crippen LogP contribution < -0.4 is 5.73 Å². The van der Waals surface area contributed by atoms with Crippen molar-refractivity contribution in [1.82, 2.24) is 9.78 Å². The second-order valence-electron chi connectivity index (χ2n) is 6.21. The standard InChI is InChI=1S/C16H29N3/c1-3-15(4-2)19-12-9-14(18-19)13-16(17)10-7-5-6-8-11-16/h9,12,15H,3-8,10-11,13,17H2,1-2H3. The van der Waals surface area contributed by atoms with Crippen LogP contribution >= 0.6 is 0 Å². The second-order valence-corrected chi connectivity index (χ2v) is 6.21. The number of hydrogen-bond acceptors (Lipinski definition) is 2. The molecule has 0 atom stereocenters. The average Bonchev–Trinajstić information content (AvgIpc) is 2.72. The lowest BCUT2D eigenvalue weighted by molar-refractivity contribution is 0.360. The Morgan fingerprint density at radius 3 is 2.42 bits per heavy atom. The van der Waals surface area contributed by atoms with Crippen LogP contribution in [0.25, 0.3) is 0 Å². The molecule has 0 amide bonds. The van der Waals surface area contributed by atoms with Gasteiger partial charge in [0.2, 0.25) is 0 Å². The van der Waals surface area contributed by atoms with Gasteiger partial charge < -0.3 is 5.73 Å². The van der Waals surface area contributed by atoms with Gasteiger partial charge in [0.1, 0.15) is 0 Å². The zero-order valence-electron chi connectivity index (χ0n) is 12.6. The predicted molar refractivity (Wildman–Crippen MR) is 80.2 cm³/mol. The van der Waals surface area contributed by atoms with Gasteiger partial charge in [-0.15, -0.1) is 0 Å². The first-order valence-electron chi connectivity index (χ1n) is 8.00. The van der Waals surface area contributed by atoms with Crippen LogP contribution in [0.3, 0.4) is 0 Å². The third-order valence-corrected chi connectivity index (χ3v) is 4.61. The Morgan fingerprint density at radius 2 is 1.84 bits per heavy atom. The van der Waals surface area contributed by atoms with Gasteiger partial charge in [-0.3, -0.25) is 4.68 Å². The highest BCUT2D eigenvalue weighted by atomic mass is 15.3. The minimum absolute atomic E-state index is 0.0103. The molecule has 0 aromatic carbocycles. The van der Waals surface area contributed by atoms with Crippen molar-refractivity contribution in [3.05, 3.63) is 18.0 Å². The van der Waals surface area contributed by atoms with Crippen molar-refractivity contribution in [3.63, 3.8) is 0 Å². The zero-order valence-corrected chi connectivity index (χ0v) is 12.6. The van der Waals surface area contributed by atoms with E-state index in [4.69, 9.17) is 10.8 Å². The van der Waals surface area contributed by atoms with Crippen molar-refractivity contribution < 1.29 is 0 Å². The first kappa shape index (κ1) is 14.6. The Labute approximate surface area is 117 Å². The van der Waals surface area contributed by atoms with Crippen molar-refractivity contribution in [2.75, 3.05) is 0 Å². The maximum Gasteiger partial charge on any atom is 0.0643 e. The summed E-state index contributed by atoms with van der Waals surface area (Å²) >= 11 is 0. The summed E-state index contributed by atoms with van der Waals surface area (Å²) in [6.45, 7) is 4.45. The third-order valence-electron chi connectivity index (χ3n) is 4.61. The Balaban J connectivity index is 2.02. The monoisotopic (exact) mass is 263 g/mol. The second kappa shape index (κ2) is 6.56. The fourth-order valence-electron chi connectivity index (χ4n) is 3.31. The largest absolute Gasteiger partial charge is 0.325 e. The van der Waals surface area contributed by atoms with Crippen LogP contribution in [-0.2, 0) is 6.42 Å². The molecule has 1 aliphatic carbocycles. The highest BCUT2D eigenvalue weighted by Gasteiger charge is 2.27. The molecule has 1 heterocycles. The molecule has 2 N–H and O–H groups in total. The fourth-order valence-corrected chi connectivity index (χ4v) is 3.31. The summed E-state index contributed by atoms with van der Waals surface area (Å²) < 4.78 is 2.13. The van der Waals surface area contributed by atoms with Crippen LogP contribution in [0.1, 0.15) is 76.9 Å². The number of nitrogens with zero attached hydrogens (tertiary/aromatic N) is 2. The normalized spacial score (nSPS) is 19.6. The van der Waals surface area contributed by atoms with Crippen LogP contribution in [0.4, 0.5) is 0 Å². The van der Waals surface area contributed by atoms with Gasteiger partial charge in [-0.1, -0.05) is 39.5 Å². The molecular weight excluding hydrogens is 234 g/mol. The highest BCUT2D eigenvalue weighted by molar-refractivity contribution is 5.06. The molecule has 1 aromatic rings. The van der Waals surface area contributed by atoms with Gasteiger partial charge in [-0.05, 0) is 31.7 Å². The van der Waals surface area contributed by atoms with Crippen LogP contribution in [0, 0.1) is 0 Å². The maximum atomic E-state index is 6.59. The average molecular weight is 263 g/mol. The number of rotatable bonds is 5. The van der Waals surface area contributed by atoms with E-state index in [0.717, 1.165) is 32.1 Å². The van der Waals surface area contributed by atoms with Gasteiger partial charge in [-0.2, -0.15) is 5.10 Å². The molecule has 0 radical (unpaired) electrons. The molecule has 3 nitrogen and oxygen atoms in total. The molecule has 0 spiro atoms. The minimum atomic E-state index is -0.0103. The van der Waals surface area contributed by atoms with Crippen molar-refractivity contribution >= 4 is 0 Å². The molecule has 1 aliphatic rings. The van der Waals surface area contributed by atoms with Crippen molar-refractivity contribution in [2.24, 2.45) is 5.73 Å². The van der Waals surface area contributed by atoms with Crippen LogP contribution in [0.15, 0.2) is 12.3 Å².